The molecule has 2 radical (unpaired) electrons. The first kappa shape index (κ1) is 62.8. The van der Waals surface area contributed by atoms with E-state index in [2.05, 4.69) is 52.9 Å². The first-order valence-corrected chi connectivity index (χ1v) is 32.7. The number of halogens is 2. The fourth-order valence-corrected chi connectivity index (χ4v) is 8.56. The summed E-state index contributed by atoms with van der Waals surface area (Å²) in [6.07, 6.45) is 2.10. The summed E-state index contributed by atoms with van der Waals surface area (Å²) in [6, 6.07) is 29.8. The van der Waals surface area contributed by atoms with Gasteiger partial charge in [0.15, 0.2) is 0 Å². The zero-order valence-corrected chi connectivity index (χ0v) is 49.9. The molecule has 0 atom stereocenters. The number of hydrogen-bond acceptors (Lipinski definition) is 17. The molecule has 0 saturated carbocycles. The third-order valence-corrected chi connectivity index (χ3v) is 12.3. The molecule has 4 N–H and O–H groups in total. The van der Waals surface area contributed by atoms with Gasteiger partial charge in [0.25, 0.3) is 11.4 Å². The summed E-state index contributed by atoms with van der Waals surface area (Å²) < 4.78 is 17.5. The van der Waals surface area contributed by atoms with Crippen LogP contribution in [-0.4, -0.2) is 124 Å². The number of nitro groups is 2. The SMILES string of the molecule is CCN(CCCN(C)C)c1ccc2c(=O)c3ccc(N)cc3oc2c1.CCN(CCCN(C)C)c1ccc2c(=O)c3ccc([N+](=O)[O-])cc3oc2c1.CCNc1ccc2c(=O)c3ccc([N+](=O)[O-])cc3oc2c1.CCO.[Cl][Sn][Cl]. The van der Waals surface area contributed by atoms with Crippen LogP contribution >= 0.6 is 17.8 Å². The summed E-state index contributed by atoms with van der Waals surface area (Å²) in [5.74, 6) is 0. The van der Waals surface area contributed by atoms with Gasteiger partial charge in [0, 0.05) is 98.5 Å². The Morgan fingerprint density at radius 2 is 0.861 bits per heavy atom. The van der Waals surface area contributed by atoms with Gasteiger partial charge < -0.3 is 49.0 Å². The fourth-order valence-electron chi connectivity index (χ4n) is 8.56. The second kappa shape index (κ2) is 30.4. The van der Waals surface area contributed by atoms with E-state index < -0.39 is 28.7 Å². The summed E-state index contributed by atoms with van der Waals surface area (Å²) in [4.78, 5) is 67.4. The van der Waals surface area contributed by atoms with E-state index in [0.717, 1.165) is 75.7 Å². The van der Waals surface area contributed by atoms with Crippen molar-refractivity contribution >= 4 is 137 Å². The van der Waals surface area contributed by atoms with Gasteiger partial charge >= 0.3 is 36.7 Å². The second-order valence-electron chi connectivity index (χ2n) is 18.4. The van der Waals surface area contributed by atoms with Crippen molar-refractivity contribution in [2.75, 3.05) is 101 Å². The summed E-state index contributed by atoms with van der Waals surface area (Å²) in [5.41, 5.74) is 11.1. The Morgan fingerprint density at radius 1 is 0.532 bits per heavy atom. The molecule has 0 aliphatic rings. The number of nitro benzene ring substituents is 2. The molecule has 0 aliphatic carbocycles. The predicted octanol–water partition coefficient (Wildman–Crippen LogP) is 11.2. The number of hydrogen-bond donors (Lipinski definition) is 3. The molecule has 79 heavy (non-hydrogen) atoms. The topological polar surface area (TPSA) is 248 Å². The van der Waals surface area contributed by atoms with Crippen LogP contribution in [-0.2, 0) is 0 Å². The quantitative estimate of drug-likeness (QED) is 0.0267. The third-order valence-electron chi connectivity index (χ3n) is 12.3. The van der Waals surface area contributed by atoms with E-state index in [-0.39, 0.29) is 45.4 Å². The molecule has 0 aliphatic heterocycles. The van der Waals surface area contributed by atoms with Gasteiger partial charge in [0.1, 0.15) is 33.5 Å². The van der Waals surface area contributed by atoms with Crippen LogP contribution in [0, 0.1) is 20.2 Å². The van der Waals surface area contributed by atoms with Gasteiger partial charge in [-0.2, -0.15) is 0 Å². The molecule has 22 heteroatoms. The standard InChI is InChI=1S/C20H23N3O4.C20H25N3O2.C15H12N2O4.C2H6O.2ClH.Sn/c1-4-22(11-5-10-21(2)3)14-6-8-16-18(12-14)27-19-13-15(23(25)26)7-9-17(19)20(16)24;1-4-23(11-5-10-22(2)3)15-7-9-17-19(13-15)25-18-12-14(21)6-8-16(18)20(17)24;1-2-16-9-3-5-11-13(7-9)21-14-8-10(17(19)20)4-6-12(14)15(11)18;1-2-3;;;/h6-9,12-13H,4-5,10-11H2,1-3H3;6-9,12-13H,4-5,10-11,21H2,1-3H3;3-8,16H,2H2,1H3;3H,2H2,1H3;2*1H;/q;;;;;;+2/p-2. The minimum atomic E-state index is -0.826. The molecule has 9 rings (SSSR count). The summed E-state index contributed by atoms with van der Waals surface area (Å²) in [7, 11) is 18.1. The van der Waals surface area contributed by atoms with Gasteiger partial charge in [0.2, 0.25) is 16.3 Å². The van der Waals surface area contributed by atoms with Crippen molar-refractivity contribution < 1.29 is 28.2 Å². The van der Waals surface area contributed by atoms with Gasteiger partial charge in [0.05, 0.1) is 54.3 Å². The Kier molecular flexibility index (Phi) is 24.2. The van der Waals surface area contributed by atoms with E-state index in [1.807, 2.05) is 51.4 Å². The minimum absolute atomic E-state index is 0.0153. The van der Waals surface area contributed by atoms with Crippen LogP contribution in [0.3, 0.4) is 0 Å². The molecule has 0 saturated heterocycles. The average Bonchev–Trinajstić information content (AvgIpc) is 3.46. The number of aliphatic hydroxyl groups is 1. The Morgan fingerprint density at radius 3 is 1.22 bits per heavy atom. The molecule has 0 fully saturated rings. The van der Waals surface area contributed by atoms with Crippen LogP contribution in [0.4, 0.5) is 34.1 Å². The van der Waals surface area contributed by atoms with Crippen molar-refractivity contribution in [3.63, 3.8) is 0 Å². The maximum absolute atomic E-state index is 12.7. The van der Waals surface area contributed by atoms with Crippen LogP contribution < -0.4 is 37.1 Å². The zero-order chi connectivity index (χ0) is 57.9. The number of rotatable bonds is 16. The van der Waals surface area contributed by atoms with Crippen molar-refractivity contribution in [2.24, 2.45) is 0 Å². The van der Waals surface area contributed by atoms with Gasteiger partial charge in [-0.3, -0.25) is 34.6 Å². The number of benzene rings is 6. The van der Waals surface area contributed by atoms with Gasteiger partial charge in [-0.15, -0.1) is 0 Å². The monoisotopic (exact) mass is 1230 g/mol. The number of nitrogens with two attached hydrogens (primary N) is 1. The number of nitrogens with one attached hydrogen (secondary N) is 1. The molecule has 418 valence electrons. The normalized spacial score (nSPS) is 10.9. The Labute approximate surface area is 474 Å². The van der Waals surface area contributed by atoms with Crippen LogP contribution in [0.2, 0.25) is 0 Å². The number of nitrogens with zero attached hydrogens (tertiary/aromatic N) is 6. The van der Waals surface area contributed by atoms with Gasteiger partial charge in [-0.1, -0.05) is 0 Å². The summed E-state index contributed by atoms with van der Waals surface area (Å²) in [6.45, 7) is 14.5. The fraction of sp³-hybridized carbons (Fsp3) is 0.316. The average molecular weight is 1230 g/mol. The van der Waals surface area contributed by atoms with Gasteiger partial charge in [-0.05, 0) is 142 Å². The third kappa shape index (κ3) is 16.8. The molecule has 9 aromatic rings. The Hall–Kier alpha value is -7.01. The summed E-state index contributed by atoms with van der Waals surface area (Å²) in [5, 5.41) is 35.3. The first-order chi connectivity index (χ1) is 37.8. The van der Waals surface area contributed by atoms with E-state index in [0.29, 0.717) is 60.3 Å². The van der Waals surface area contributed by atoms with Crippen LogP contribution in [0.25, 0.3) is 65.8 Å². The van der Waals surface area contributed by atoms with Crippen LogP contribution in [0.1, 0.15) is 40.5 Å². The van der Waals surface area contributed by atoms with Gasteiger partial charge in [-0.25, -0.2) is 0 Å². The Balaban J connectivity index is 0.000000208. The number of aliphatic hydroxyl groups excluding tert-OH is 1. The van der Waals surface area contributed by atoms with Crippen LogP contribution in [0.5, 0.6) is 0 Å². The van der Waals surface area contributed by atoms with Crippen LogP contribution in [0.15, 0.2) is 137 Å². The first-order valence-electron chi connectivity index (χ1n) is 25.5. The summed E-state index contributed by atoms with van der Waals surface area (Å²) >= 11 is -0.826. The molecule has 3 heterocycles. The molecule has 0 spiro atoms. The predicted molar refractivity (Wildman–Crippen MR) is 324 cm³/mol. The van der Waals surface area contributed by atoms with Crippen molar-refractivity contribution in [3.8, 4) is 0 Å². The number of nitrogen functional groups attached to an aromatic ring is 1. The van der Waals surface area contributed by atoms with Crippen molar-refractivity contribution in [1.29, 1.82) is 0 Å². The Bertz CT molecular complexity index is 3720. The molecule has 0 bridgehead atoms. The van der Waals surface area contributed by atoms with E-state index in [4.69, 9.17) is 41.9 Å². The van der Waals surface area contributed by atoms with E-state index in [9.17, 15) is 34.6 Å². The van der Waals surface area contributed by atoms with E-state index >= 15 is 0 Å². The molecular weight excluding hydrogens is 1160 g/mol. The molecule has 3 aromatic heterocycles. The zero-order valence-electron chi connectivity index (χ0n) is 45.5. The molecule has 0 amide bonds. The number of fused-ring (bicyclic) bond motifs is 6. The molecule has 0 unspecified atom stereocenters. The maximum atomic E-state index is 12.7. The van der Waals surface area contributed by atoms with E-state index in [1.165, 1.54) is 36.4 Å². The molecule has 6 aromatic carbocycles. The van der Waals surface area contributed by atoms with Crippen molar-refractivity contribution in [1.82, 2.24) is 9.80 Å². The van der Waals surface area contributed by atoms with Crippen molar-refractivity contribution in [2.45, 2.75) is 40.5 Å². The van der Waals surface area contributed by atoms with E-state index in [1.54, 1.807) is 49.4 Å². The molecule has 19 nitrogen and oxygen atoms in total. The number of non-ortho nitro benzene ring substituents is 2. The van der Waals surface area contributed by atoms with Crippen molar-refractivity contribution in [3.05, 3.63) is 160 Å². The molecular formula is C57H66Cl2N8O11Sn. The number of anilines is 4. The second-order valence-corrected chi connectivity index (χ2v) is 22.6.